The van der Waals surface area contributed by atoms with Crippen LogP contribution in [0.5, 0.6) is 0 Å². The van der Waals surface area contributed by atoms with E-state index in [2.05, 4.69) is 5.32 Å². The van der Waals surface area contributed by atoms with Gasteiger partial charge >= 0.3 is 0 Å². The zero-order chi connectivity index (χ0) is 12.8. The van der Waals surface area contributed by atoms with Crippen molar-refractivity contribution in [2.45, 2.75) is 6.92 Å². The molecule has 1 aromatic carbocycles. The minimum absolute atomic E-state index is 0.183. The Labute approximate surface area is 98.3 Å². The van der Waals surface area contributed by atoms with E-state index in [1.165, 1.54) is 13.0 Å². The van der Waals surface area contributed by atoms with Crippen LogP contribution in [0.25, 0.3) is 0 Å². The van der Waals surface area contributed by atoms with Crippen LogP contribution in [0.2, 0.25) is 0 Å². The average molecular weight is 240 g/mol. The topological polar surface area (TPSA) is 55.1 Å². The van der Waals surface area contributed by atoms with Crippen molar-refractivity contribution < 1.29 is 13.6 Å². The molecule has 0 saturated heterocycles. The number of amides is 1. The molecule has 0 spiro atoms. The van der Waals surface area contributed by atoms with Crippen LogP contribution in [0.4, 0.5) is 8.78 Å². The lowest BCUT2D eigenvalue weighted by Gasteiger charge is -2.06. The Balaban J connectivity index is 2.82. The van der Waals surface area contributed by atoms with E-state index in [0.29, 0.717) is 6.54 Å². The highest BCUT2D eigenvalue weighted by atomic mass is 19.1. The maximum atomic E-state index is 13.5. The quantitative estimate of drug-likeness (QED) is 0.784. The van der Waals surface area contributed by atoms with Crippen molar-refractivity contribution in [3.8, 4) is 0 Å². The van der Waals surface area contributed by atoms with Gasteiger partial charge in [-0.05, 0) is 18.6 Å². The summed E-state index contributed by atoms with van der Waals surface area (Å²) in [5.41, 5.74) is 4.89. The largest absolute Gasteiger partial charge is 0.348 e. The summed E-state index contributed by atoms with van der Waals surface area (Å²) in [6, 6.07) is 2.36. The lowest BCUT2D eigenvalue weighted by molar-refractivity contribution is 0.0949. The predicted molar refractivity (Wildman–Crippen MR) is 61.6 cm³/mol. The van der Waals surface area contributed by atoms with Crippen molar-refractivity contribution in [2.75, 3.05) is 13.1 Å². The molecule has 1 rings (SSSR count). The van der Waals surface area contributed by atoms with E-state index < -0.39 is 23.1 Å². The van der Waals surface area contributed by atoms with Crippen molar-refractivity contribution in [1.82, 2.24) is 5.32 Å². The average Bonchev–Trinajstić information content (AvgIpc) is 2.30. The third kappa shape index (κ3) is 3.35. The molecule has 3 nitrogen and oxygen atoms in total. The maximum absolute atomic E-state index is 13.5. The molecule has 0 heterocycles. The first kappa shape index (κ1) is 13.3. The zero-order valence-corrected chi connectivity index (χ0v) is 9.47. The summed E-state index contributed by atoms with van der Waals surface area (Å²) in [5.74, 6) is -2.47. The standard InChI is InChI=1S/C12H14F2N2O/c1-8-4-5-9(13)10(11(8)14)12(17)16-7-3-2-6-15/h2-5H,6-7,15H2,1H3,(H,16,17)/b3-2+. The molecule has 0 aliphatic carbocycles. The van der Waals surface area contributed by atoms with Crippen molar-refractivity contribution >= 4 is 5.91 Å². The SMILES string of the molecule is Cc1ccc(F)c(C(=O)NC/C=C/CN)c1F. The van der Waals surface area contributed by atoms with Gasteiger partial charge in [0, 0.05) is 13.1 Å². The molecule has 0 atom stereocenters. The minimum atomic E-state index is -0.867. The van der Waals surface area contributed by atoms with Gasteiger partial charge in [-0.3, -0.25) is 4.79 Å². The normalized spacial score (nSPS) is 10.8. The van der Waals surface area contributed by atoms with E-state index in [1.54, 1.807) is 12.2 Å². The number of benzene rings is 1. The molecule has 17 heavy (non-hydrogen) atoms. The van der Waals surface area contributed by atoms with Crippen LogP contribution >= 0.6 is 0 Å². The molecule has 1 amide bonds. The van der Waals surface area contributed by atoms with Crippen LogP contribution in [-0.2, 0) is 0 Å². The van der Waals surface area contributed by atoms with Crippen LogP contribution in [0.3, 0.4) is 0 Å². The first-order valence-corrected chi connectivity index (χ1v) is 5.15. The number of carbonyl (C=O) groups is 1. The number of nitrogens with one attached hydrogen (secondary N) is 1. The van der Waals surface area contributed by atoms with Crippen molar-refractivity contribution in [3.05, 3.63) is 47.0 Å². The molecule has 0 aliphatic rings. The molecule has 1 aromatic rings. The predicted octanol–water partition coefficient (Wildman–Crippen LogP) is 1.52. The molecule has 0 fully saturated rings. The van der Waals surface area contributed by atoms with Gasteiger partial charge in [0.2, 0.25) is 0 Å². The summed E-state index contributed by atoms with van der Waals surface area (Å²) in [6.07, 6.45) is 3.26. The van der Waals surface area contributed by atoms with Crippen LogP contribution in [0.15, 0.2) is 24.3 Å². The molecule has 0 saturated carbocycles. The Morgan fingerprint density at radius 1 is 1.41 bits per heavy atom. The van der Waals surface area contributed by atoms with E-state index >= 15 is 0 Å². The van der Waals surface area contributed by atoms with E-state index in [0.717, 1.165) is 6.07 Å². The molecule has 0 aliphatic heterocycles. The number of rotatable bonds is 4. The van der Waals surface area contributed by atoms with Crippen molar-refractivity contribution in [3.63, 3.8) is 0 Å². The fourth-order valence-electron chi connectivity index (χ4n) is 1.28. The third-order valence-electron chi connectivity index (χ3n) is 2.19. The second-order valence-corrected chi connectivity index (χ2v) is 3.47. The first-order valence-electron chi connectivity index (χ1n) is 5.15. The number of nitrogens with two attached hydrogens (primary N) is 1. The van der Waals surface area contributed by atoms with Crippen LogP contribution in [0.1, 0.15) is 15.9 Å². The molecule has 0 unspecified atom stereocenters. The highest BCUT2D eigenvalue weighted by Gasteiger charge is 2.18. The molecule has 0 radical (unpaired) electrons. The summed E-state index contributed by atoms with van der Waals surface area (Å²) < 4.78 is 26.9. The van der Waals surface area contributed by atoms with E-state index in [9.17, 15) is 13.6 Å². The maximum Gasteiger partial charge on any atom is 0.257 e. The van der Waals surface area contributed by atoms with E-state index in [1.807, 2.05) is 0 Å². The Kier molecular flexibility index (Phi) is 4.78. The molecular weight excluding hydrogens is 226 g/mol. The highest BCUT2D eigenvalue weighted by molar-refractivity contribution is 5.95. The van der Waals surface area contributed by atoms with Crippen LogP contribution in [0, 0.1) is 18.6 Å². The lowest BCUT2D eigenvalue weighted by atomic mass is 10.1. The van der Waals surface area contributed by atoms with E-state index in [-0.39, 0.29) is 12.1 Å². The van der Waals surface area contributed by atoms with Crippen molar-refractivity contribution in [1.29, 1.82) is 0 Å². The summed E-state index contributed by atoms with van der Waals surface area (Å²) in [4.78, 5) is 11.5. The number of hydrogen-bond acceptors (Lipinski definition) is 2. The minimum Gasteiger partial charge on any atom is -0.348 e. The van der Waals surface area contributed by atoms with Gasteiger partial charge in [-0.25, -0.2) is 8.78 Å². The Morgan fingerprint density at radius 3 is 2.76 bits per heavy atom. The van der Waals surface area contributed by atoms with Gasteiger partial charge in [-0.2, -0.15) is 0 Å². The Hall–Kier alpha value is -1.75. The third-order valence-corrected chi connectivity index (χ3v) is 2.19. The molecular formula is C12H14F2N2O. The molecule has 5 heteroatoms. The molecule has 0 aromatic heterocycles. The van der Waals surface area contributed by atoms with Gasteiger partial charge in [0.05, 0.1) is 0 Å². The van der Waals surface area contributed by atoms with Gasteiger partial charge in [0.25, 0.3) is 5.91 Å². The Bertz CT molecular complexity index is 444. The monoisotopic (exact) mass is 240 g/mol. The summed E-state index contributed by atoms with van der Waals surface area (Å²) in [5, 5.41) is 2.38. The zero-order valence-electron chi connectivity index (χ0n) is 9.47. The molecule has 0 bridgehead atoms. The first-order chi connectivity index (χ1) is 8.07. The summed E-state index contributed by atoms with van der Waals surface area (Å²) in [7, 11) is 0. The lowest BCUT2D eigenvalue weighted by Crippen LogP contribution is -2.26. The number of aryl methyl sites for hydroxylation is 1. The fourth-order valence-corrected chi connectivity index (χ4v) is 1.28. The van der Waals surface area contributed by atoms with Gasteiger partial charge in [0.1, 0.15) is 17.2 Å². The van der Waals surface area contributed by atoms with Crippen LogP contribution < -0.4 is 11.1 Å². The molecule has 3 N–H and O–H groups in total. The van der Waals surface area contributed by atoms with Gasteiger partial charge in [0.15, 0.2) is 0 Å². The highest BCUT2D eigenvalue weighted by Crippen LogP contribution is 2.15. The number of hydrogen-bond donors (Lipinski definition) is 2. The summed E-state index contributed by atoms with van der Waals surface area (Å²) in [6.45, 7) is 2.01. The summed E-state index contributed by atoms with van der Waals surface area (Å²) >= 11 is 0. The van der Waals surface area contributed by atoms with E-state index in [4.69, 9.17) is 5.73 Å². The smallest absolute Gasteiger partial charge is 0.257 e. The Morgan fingerprint density at radius 2 is 2.12 bits per heavy atom. The van der Waals surface area contributed by atoms with Crippen molar-refractivity contribution in [2.24, 2.45) is 5.73 Å². The van der Waals surface area contributed by atoms with Gasteiger partial charge in [-0.1, -0.05) is 18.2 Å². The molecule has 92 valence electrons. The second-order valence-electron chi connectivity index (χ2n) is 3.47. The number of halogens is 2. The van der Waals surface area contributed by atoms with Crippen LogP contribution in [-0.4, -0.2) is 19.0 Å². The fraction of sp³-hybridized carbons (Fsp3) is 0.250. The van der Waals surface area contributed by atoms with Gasteiger partial charge < -0.3 is 11.1 Å². The number of carbonyl (C=O) groups excluding carboxylic acids is 1. The van der Waals surface area contributed by atoms with Gasteiger partial charge in [-0.15, -0.1) is 0 Å². The second kappa shape index (κ2) is 6.10.